The average Bonchev–Trinajstić information content (AvgIpc) is 2.31. The first kappa shape index (κ1) is 15.1. The normalized spacial score (nSPS) is 19.3. The van der Waals surface area contributed by atoms with Crippen molar-refractivity contribution in [3.05, 3.63) is 24.0 Å². The lowest BCUT2D eigenvalue weighted by Crippen LogP contribution is -2.50. The predicted molar refractivity (Wildman–Crippen MR) is 80.0 cm³/mol. The minimum atomic E-state index is -0.463. The van der Waals surface area contributed by atoms with Crippen LogP contribution in [0.15, 0.2) is 18.5 Å². The summed E-state index contributed by atoms with van der Waals surface area (Å²) in [5.74, 6) is 1.09. The molecule has 1 aromatic heterocycles. The van der Waals surface area contributed by atoms with Gasteiger partial charge in [-0.25, -0.2) is 4.79 Å². The fourth-order valence-electron chi connectivity index (χ4n) is 2.42. The van der Waals surface area contributed by atoms with Gasteiger partial charge in [0, 0.05) is 37.0 Å². The van der Waals surface area contributed by atoms with Gasteiger partial charge in [0.2, 0.25) is 0 Å². The van der Waals surface area contributed by atoms with Crippen LogP contribution in [0.5, 0.6) is 5.75 Å². The lowest BCUT2D eigenvalue weighted by Gasteiger charge is -2.40. The average molecular weight is 306 g/mol. The second-order valence-electron chi connectivity index (χ2n) is 6.77. The molecular weight excluding hydrogens is 284 g/mol. The summed E-state index contributed by atoms with van der Waals surface area (Å²) in [4.78, 5) is 17.9. The number of hydrogen-bond acceptors (Lipinski definition) is 5. The summed E-state index contributed by atoms with van der Waals surface area (Å²) < 4.78 is 16.4. The highest BCUT2D eigenvalue weighted by Crippen LogP contribution is 2.34. The van der Waals surface area contributed by atoms with Gasteiger partial charge in [-0.3, -0.25) is 4.98 Å². The smallest absolute Gasteiger partial charge is 0.410 e. The van der Waals surface area contributed by atoms with Gasteiger partial charge in [0.05, 0.1) is 13.2 Å². The highest BCUT2D eigenvalue weighted by molar-refractivity contribution is 5.69. The molecule has 0 unspecified atom stereocenters. The zero-order valence-corrected chi connectivity index (χ0v) is 13.2. The summed E-state index contributed by atoms with van der Waals surface area (Å²) in [6.45, 7) is 8.16. The van der Waals surface area contributed by atoms with Crippen LogP contribution in [0.3, 0.4) is 0 Å². The number of aromatic nitrogens is 1. The number of carbonyl (C=O) groups is 1. The molecule has 1 amide bonds. The number of amides is 1. The van der Waals surface area contributed by atoms with E-state index >= 15 is 0 Å². The summed E-state index contributed by atoms with van der Waals surface area (Å²) in [6, 6.07) is 1.88. The molecule has 3 rings (SSSR count). The fraction of sp³-hybridized carbons (Fsp3) is 0.625. The molecule has 2 fully saturated rings. The van der Waals surface area contributed by atoms with Crippen LogP contribution in [-0.4, -0.2) is 54.0 Å². The van der Waals surface area contributed by atoms with E-state index in [9.17, 15) is 4.79 Å². The maximum absolute atomic E-state index is 12.0. The predicted octanol–water partition coefficient (Wildman–Crippen LogP) is 2.19. The Bertz CT molecular complexity index is 545. The molecule has 0 aromatic carbocycles. The second kappa shape index (κ2) is 5.76. The molecule has 0 atom stereocenters. The minimum Gasteiger partial charge on any atom is -0.485 e. The molecule has 22 heavy (non-hydrogen) atoms. The molecule has 0 bridgehead atoms. The van der Waals surface area contributed by atoms with E-state index in [4.69, 9.17) is 14.2 Å². The number of rotatable bonds is 3. The van der Waals surface area contributed by atoms with Gasteiger partial charge in [0.15, 0.2) is 0 Å². The minimum absolute atomic E-state index is 0.128. The number of pyridine rings is 1. The van der Waals surface area contributed by atoms with Crippen molar-refractivity contribution in [3.63, 3.8) is 0 Å². The van der Waals surface area contributed by atoms with Gasteiger partial charge >= 0.3 is 6.09 Å². The Hall–Kier alpha value is -1.82. The molecule has 6 heteroatoms. The number of nitrogens with zero attached hydrogens (tertiary/aromatic N) is 2. The Kier molecular flexibility index (Phi) is 3.95. The summed E-state index contributed by atoms with van der Waals surface area (Å²) in [6.07, 6.45) is 3.42. The lowest BCUT2D eigenvalue weighted by molar-refractivity contribution is -0.0803. The summed E-state index contributed by atoms with van der Waals surface area (Å²) in [5.41, 5.74) is 0.587. The monoisotopic (exact) mass is 306 g/mol. The van der Waals surface area contributed by atoms with E-state index in [0.717, 1.165) is 11.3 Å². The molecule has 0 saturated carbocycles. The zero-order chi connectivity index (χ0) is 15.7. The van der Waals surface area contributed by atoms with Gasteiger partial charge in [0.1, 0.15) is 17.5 Å². The topological polar surface area (TPSA) is 60.9 Å². The summed E-state index contributed by atoms with van der Waals surface area (Å²) in [7, 11) is 0. The molecule has 2 aliphatic rings. The quantitative estimate of drug-likeness (QED) is 0.856. The number of likely N-dealkylation sites (tertiary alicyclic amines) is 1. The van der Waals surface area contributed by atoms with Crippen molar-refractivity contribution in [3.8, 4) is 5.75 Å². The van der Waals surface area contributed by atoms with Crippen molar-refractivity contribution in [2.45, 2.75) is 38.4 Å². The first-order valence-corrected chi connectivity index (χ1v) is 7.58. The molecular formula is C16H22N2O4. The van der Waals surface area contributed by atoms with Gasteiger partial charge in [-0.05, 0) is 26.8 Å². The maximum Gasteiger partial charge on any atom is 0.410 e. The molecule has 0 radical (unpaired) electrons. The van der Waals surface area contributed by atoms with Crippen LogP contribution >= 0.6 is 0 Å². The molecule has 3 heterocycles. The zero-order valence-electron chi connectivity index (χ0n) is 13.2. The van der Waals surface area contributed by atoms with Gasteiger partial charge in [0.25, 0.3) is 0 Å². The van der Waals surface area contributed by atoms with E-state index in [0.29, 0.717) is 26.3 Å². The Morgan fingerprint density at radius 1 is 1.36 bits per heavy atom. The van der Waals surface area contributed by atoms with Crippen molar-refractivity contribution < 1.29 is 19.0 Å². The van der Waals surface area contributed by atoms with Crippen molar-refractivity contribution in [1.82, 2.24) is 9.88 Å². The Morgan fingerprint density at radius 2 is 2.09 bits per heavy atom. The van der Waals surface area contributed by atoms with E-state index in [1.54, 1.807) is 11.1 Å². The van der Waals surface area contributed by atoms with Crippen LogP contribution in [0.25, 0.3) is 0 Å². The highest BCUT2D eigenvalue weighted by Gasteiger charge is 2.36. The molecule has 0 spiro atoms. The van der Waals surface area contributed by atoms with Crippen LogP contribution in [0.1, 0.15) is 32.3 Å². The summed E-state index contributed by atoms with van der Waals surface area (Å²) >= 11 is 0. The largest absolute Gasteiger partial charge is 0.485 e. The van der Waals surface area contributed by atoms with Crippen LogP contribution in [0, 0.1) is 0 Å². The fourth-order valence-corrected chi connectivity index (χ4v) is 2.42. The standard InChI is InChI=1S/C16H22N2O4/c1-16(2,3)22-15(19)18-7-11(8-18)13-6-17-5-4-14(13)21-12-9-20-10-12/h4-6,11-12H,7-10H2,1-3H3. The SMILES string of the molecule is CC(C)(C)OC(=O)N1CC(c2cnccc2OC2COC2)C1. The third-order valence-electron chi connectivity index (χ3n) is 3.68. The van der Waals surface area contributed by atoms with Crippen molar-refractivity contribution in [2.75, 3.05) is 26.3 Å². The van der Waals surface area contributed by atoms with Crippen molar-refractivity contribution >= 4 is 6.09 Å². The molecule has 2 saturated heterocycles. The lowest BCUT2D eigenvalue weighted by atomic mass is 9.92. The van der Waals surface area contributed by atoms with Gasteiger partial charge in [-0.1, -0.05) is 0 Å². The third-order valence-corrected chi connectivity index (χ3v) is 3.68. The first-order valence-electron chi connectivity index (χ1n) is 7.58. The number of hydrogen-bond donors (Lipinski definition) is 0. The Balaban J connectivity index is 1.59. The number of carbonyl (C=O) groups excluding carboxylic acids is 1. The van der Waals surface area contributed by atoms with Gasteiger partial charge < -0.3 is 19.1 Å². The Labute approximate surface area is 130 Å². The van der Waals surface area contributed by atoms with Gasteiger partial charge in [-0.2, -0.15) is 0 Å². The molecule has 2 aliphatic heterocycles. The van der Waals surface area contributed by atoms with E-state index in [1.807, 2.05) is 33.0 Å². The van der Waals surface area contributed by atoms with Crippen molar-refractivity contribution in [1.29, 1.82) is 0 Å². The number of ether oxygens (including phenoxy) is 3. The van der Waals surface area contributed by atoms with Crippen LogP contribution < -0.4 is 4.74 Å². The van der Waals surface area contributed by atoms with Crippen LogP contribution in [0.2, 0.25) is 0 Å². The second-order valence-corrected chi connectivity index (χ2v) is 6.77. The first-order chi connectivity index (χ1) is 10.4. The van der Waals surface area contributed by atoms with Gasteiger partial charge in [-0.15, -0.1) is 0 Å². The molecule has 120 valence electrons. The highest BCUT2D eigenvalue weighted by atomic mass is 16.6. The molecule has 6 nitrogen and oxygen atoms in total. The molecule has 0 aliphatic carbocycles. The van der Waals surface area contributed by atoms with Crippen LogP contribution in [-0.2, 0) is 9.47 Å². The van der Waals surface area contributed by atoms with Crippen molar-refractivity contribution in [2.24, 2.45) is 0 Å². The van der Waals surface area contributed by atoms with E-state index in [2.05, 4.69) is 4.98 Å². The van der Waals surface area contributed by atoms with E-state index in [-0.39, 0.29) is 18.1 Å². The maximum atomic E-state index is 12.0. The van der Waals surface area contributed by atoms with E-state index in [1.165, 1.54) is 0 Å². The summed E-state index contributed by atoms with van der Waals surface area (Å²) in [5, 5.41) is 0. The molecule has 1 aromatic rings. The van der Waals surface area contributed by atoms with E-state index < -0.39 is 5.60 Å². The Morgan fingerprint density at radius 3 is 2.68 bits per heavy atom. The third kappa shape index (κ3) is 3.32. The molecule has 0 N–H and O–H groups in total. The van der Waals surface area contributed by atoms with Crippen LogP contribution in [0.4, 0.5) is 4.79 Å².